The van der Waals surface area contributed by atoms with Gasteiger partial charge in [0.15, 0.2) is 0 Å². The Morgan fingerprint density at radius 3 is 3.00 bits per heavy atom. The molecule has 2 rings (SSSR count). The van der Waals surface area contributed by atoms with Crippen LogP contribution in [0.3, 0.4) is 0 Å². The van der Waals surface area contributed by atoms with Crippen LogP contribution in [0.2, 0.25) is 0 Å². The van der Waals surface area contributed by atoms with Crippen molar-refractivity contribution in [1.82, 2.24) is 4.98 Å². The van der Waals surface area contributed by atoms with Gasteiger partial charge in [-0.1, -0.05) is 6.92 Å². The number of carbonyl (C=O) groups excluding carboxylic acids is 1. The minimum Gasteiger partial charge on any atom is -0.384 e. The minimum absolute atomic E-state index is 0.191. The number of nitrogen functional groups attached to an aromatic ring is 1. The molecule has 1 aliphatic rings. The lowest BCUT2D eigenvalue weighted by atomic mass is 10.1. The molecule has 0 spiro atoms. The zero-order valence-electron chi connectivity index (χ0n) is 9.52. The summed E-state index contributed by atoms with van der Waals surface area (Å²) >= 11 is 0. The molecule has 1 fully saturated rings. The van der Waals surface area contributed by atoms with E-state index >= 15 is 0 Å². The molecule has 1 aromatic rings. The predicted molar refractivity (Wildman–Crippen MR) is 64.0 cm³/mol. The van der Waals surface area contributed by atoms with E-state index in [-0.39, 0.29) is 5.91 Å². The number of hydrogen-bond donors (Lipinski definition) is 1. The van der Waals surface area contributed by atoms with Gasteiger partial charge < -0.3 is 10.6 Å². The second-order valence-corrected chi connectivity index (χ2v) is 4.44. The van der Waals surface area contributed by atoms with Gasteiger partial charge in [-0.25, -0.2) is 4.98 Å². The summed E-state index contributed by atoms with van der Waals surface area (Å²) in [5.74, 6) is 1.22. The van der Waals surface area contributed by atoms with Crippen LogP contribution in [0.4, 0.5) is 11.5 Å². The molecule has 1 unspecified atom stereocenters. The molecule has 16 heavy (non-hydrogen) atoms. The molecule has 1 amide bonds. The Balaban J connectivity index is 2.23. The lowest BCUT2D eigenvalue weighted by Gasteiger charge is -2.22. The van der Waals surface area contributed by atoms with Crippen molar-refractivity contribution in [2.45, 2.75) is 26.2 Å². The van der Waals surface area contributed by atoms with Crippen molar-refractivity contribution in [2.24, 2.45) is 5.92 Å². The highest BCUT2D eigenvalue weighted by Gasteiger charge is 2.22. The van der Waals surface area contributed by atoms with Crippen LogP contribution in [0.1, 0.15) is 26.2 Å². The number of anilines is 2. The molecular formula is C12H17N3O. The maximum atomic E-state index is 11.9. The van der Waals surface area contributed by atoms with E-state index in [2.05, 4.69) is 11.9 Å². The van der Waals surface area contributed by atoms with Crippen LogP contribution in [-0.2, 0) is 4.79 Å². The number of nitrogens with two attached hydrogens (primary N) is 1. The largest absolute Gasteiger partial charge is 0.384 e. The monoisotopic (exact) mass is 219 g/mol. The van der Waals surface area contributed by atoms with E-state index in [9.17, 15) is 4.79 Å². The van der Waals surface area contributed by atoms with Crippen molar-refractivity contribution in [3.63, 3.8) is 0 Å². The van der Waals surface area contributed by atoms with Gasteiger partial charge in [-0.2, -0.15) is 0 Å². The fraction of sp³-hybridized carbons (Fsp3) is 0.500. The summed E-state index contributed by atoms with van der Waals surface area (Å²) in [5.41, 5.74) is 6.39. The van der Waals surface area contributed by atoms with E-state index in [4.69, 9.17) is 5.73 Å². The first-order valence-electron chi connectivity index (χ1n) is 5.68. The van der Waals surface area contributed by atoms with Gasteiger partial charge in [0.25, 0.3) is 0 Å². The van der Waals surface area contributed by atoms with Crippen LogP contribution in [-0.4, -0.2) is 17.4 Å². The van der Waals surface area contributed by atoms with Crippen LogP contribution in [0.25, 0.3) is 0 Å². The highest BCUT2D eigenvalue weighted by molar-refractivity contribution is 5.93. The molecule has 0 bridgehead atoms. The molecule has 1 atom stereocenters. The average molecular weight is 219 g/mol. The number of nitrogens with zero attached hydrogens (tertiary/aromatic N) is 2. The fourth-order valence-electron chi connectivity index (χ4n) is 2.05. The third-order valence-corrected chi connectivity index (χ3v) is 2.97. The summed E-state index contributed by atoms with van der Waals surface area (Å²) < 4.78 is 0. The molecule has 1 aromatic heterocycles. The first kappa shape index (κ1) is 10.9. The van der Waals surface area contributed by atoms with Crippen LogP contribution in [0.5, 0.6) is 0 Å². The maximum Gasteiger partial charge on any atom is 0.227 e. The predicted octanol–water partition coefficient (Wildman–Crippen LogP) is 1.82. The van der Waals surface area contributed by atoms with E-state index in [0.29, 0.717) is 18.2 Å². The third-order valence-electron chi connectivity index (χ3n) is 2.97. The van der Waals surface area contributed by atoms with E-state index in [1.807, 2.05) is 11.0 Å². The Morgan fingerprint density at radius 1 is 1.50 bits per heavy atom. The number of amides is 1. The van der Waals surface area contributed by atoms with Gasteiger partial charge in [-0.3, -0.25) is 4.79 Å². The van der Waals surface area contributed by atoms with Crippen LogP contribution in [0.15, 0.2) is 18.3 Å². The Hall–Kier alpha value is -1.58. The lowest BCUT2D eigenvalue weighted by Crippen LogP contribution is -2.32. The van der Waals surface area contributed by atoms with E-state index in [1.54, 1.807) is 12.3 Å². The van der Waals surface area contributed by atoms with Crippen molar-refractivity contribution in [3.8, 4) is 0 Å². The molecule has 2 N–H and O–H groups in total. The number of carbonyl (C=O) groups is 1. The van der Waals surface area contributed by atoms with Crippen LogP contribution in [0, 0.1) is 5.92 Å². The van der Waals surface area contributed by atoms with Crippen LogP contribution >= 0.6 is 0 Å². The van der Waals surface area contributed by atoms with Gasteiger partial charge in [-0.15, -0.1) is 0 Å². The van der Waals surface area contributed by atoms with Crippen molar-refractivity contribution in [3.05, 3.63) is 18.3 Å². The third kappa shape index (κ3) is 2.32. The smallest absolute Gasteiger partial charge is 0.227 e. The molecule has 4 nitrogen and oxygen atoms in total. The van der Waals surface area contributed by atoms with E-state index in [1.165, 1.54) is 0 Å². The van der Waals surface area contributed by atoms with Gasteiger partial charge in [0.1, 0.15) is 5.82 Å². The Bertz CT molecular complexity index is 374. The Kier molecular flexibility index (Phi) is 3.08. The molecule has 0 saturated carbocycles. The lowest BCUT2D eigenvalue weighted by molar-refractivity contribution is -0.118. The standard InChI is InChI=1S/C12H17N3O/c1-9-3-2-4-12(16)15(8-9)10-5-6-11(13)14-7-10/h5-7,9H,2-4,8H2,1H3,(H2,13,14). The first-order chi connectivity index (χ1) is 7.66. The summed E-state index contributed by atoms with van der Waals surface area (Å²) in [5, 5.41) is 0. The summed E-state index contributed by atoms with van der Waals surface area (Å²) in [4.78, 5) is 17.8. The van der Waals surface area contributed by atoms with Crippen molar-refractivity contribution in [1.29, 1.82) is 0 Å². The maximum absolute atomic E-state index is 11.9. The van der Waals surface area contributed by atoms with Gasteiger partial charge in [0.05, 0.1) is 11.9 Å². The molecule has 2 heterocycles. The summed E-state index contributed by atoms with van der Waals surface area (Å²) in [6.45, 7) is 2.96. The SMILES string of the molecule is CC1CCCC(=O)N(c2ccc(N)nc2)C1. The normalized spacial score (nSPS) is 21.9. The van der Waals surface area contributed by atoms with Crippen molar-refractivity contribution >= 4 is 17.4 Å². The highest BCUT2D eigenvalue weighted by atomic mass is 16.2. The Morgan fingerprint density at radius 2 is 2.31 bits per heavy atom. The van der Waals surface area contributed by atoms with Gasteiger partial charge >= 0.3 is 0 Å². The molecule has 1 saturated heterocycles. The second-order valence-electron chi connectivity index (χ2n) is 4.44. The van der Waals surface area contributed by atoms with Gasteiger partial charge in [-0.05, 0) is 30.9 Å². The topological polar surface area (TPSA) is 59.2 Å². The summed E-state index contributed by atoms with van der Waals surface area (Å²) in [7, 11) is 0. The van der Waals surface area contributed by atoms with Gasteiger partial charge in [0.2, 0.25) is 5.91 Å². The first-order valence-corrected chi connectivity index (χ1v) is 5.68. The summed E-state index contributed by atoms with van der Waals surface area (Å²) in [6, 6.07) is 3.59. The Labute approximate surface area is 95.5 Å². The molecule has 86 valence electrons. The molecule has 0 aromatic carbocycles. The average Bonchev–Trinajstić information content (AvgIpc) is 2.42. The number of pyridine rings is 1. The second kappa shape index (κ2) is 4.51. The number of aromatic nitrogens is 1. The quantitative estimate of drug-likeness (QED) is 0.783. The van der Waals surface area contributed by atoms with Crippen LogP contribution < -0.4 is 10.6 Å². The van der Waals surface area contributed by atoms with Crippen molar-refractivity contribution in [2.75, 3.05) is 17.2 Å². The number of hydrogen-bond acceptors (Lipinski definition) is 3. The summed E-state index contributed by atoms with van der Waals surface area (Å²) in [6.07, 6.45) is 4.41. The fourth-order valence-corrected chi connectivity index (χ4v) is 2.05. The molecule has 4 heteroatoms. The van der Waals surface area contributed by atoms with E-state index < -0.39 is 0 Å². The number of rotatable bonds is 1. The zero-order valence-corrected chi connectivity index (χ0v) is 9.52. The molecular weight excluding hydrogens is 202 g/mol. The minimum atomic E-state index is 0.191. The van der Waals surface area contributed by atoms with Crippen molar-refractivity contribution < 1.29 is 4.79 Å². The molecule has 0 aliphatic carbocycles. The van der Waals surface area contributed by atoms with Gasteiger partial charge in [0, 0.05) is 13.0 Å². The van der Waals surface area contributed by atoms with E-state index in [0.717, 1.165) is 25.1 Å². The highest BCUT2D eigenvalue weighted by Crippen LogP contribution is 2.22. The molecule has 1 aliphatic heterocycles. The molecule has 0 radical (unpaired) electrons. The zero-order chi connectivity index (χ0) is 11.5.